The highest BCUT2D eigenvalue weighted by molar-refractivity contribution is 7.96. The number of carbonyl (C=O) groups is 3. The van der Waals surface area contributed by atoms with Crippen LogP contribution in [0.5, 0.6) is 0 Å². The molecule has 0 spiro atoms. The van der Waals surface area contributed by atoms with Crippen LogP contribution in [0.4, 0.5) is 4.79 Å². The lowest BCUT2D eigenvalue weighted by molar-refractivity contribution is -0.147. The Hall–Kier alpha value is -1.28. The number of carboxylic acids is 1. The van der Waals surface area contributed by atoms with E-state index in [0.717, 1.165) is 0 Å². The molecule has 0 aromatic heterocycles. The minimum Gasteiger partial charge on any atom is -0.480 e. The zero-order valence-corrected chi connectivity index (χ0v) is 10.1. The molecule has 0 radical (unpaired) electrons. The van der Waals surface area contributed by atoms with Gasteiger partial charge in [-0.2, -0.15) is 0 Å². The summed E-state index contributed by atoms with van der Waals surface area (Å²) in [4.78, 5) is 34.4. The molecule has 1 heterocycles. The van der Waals surface area contributed by atoms with Crippen molar-refractivity contribution >= 4 is 29.7 Å². The molecule has 1 rings (SSSR count). The van der Waals surface area contributed by atoms with E-state index in [2.05, 4.69) is 17.9 Å². The van der Waals surface area contributed by atoms with Gasteiger partial charge in [-0.3, -0.25) is 9.59 Å². The molecule has 8 heteroatoms. The van der Waals surface area contributed by atoms with Crippen molar-refractivity contribution in [3.63, 3.8) is 0 Å². The van der Waals surface area contributed by atoms with Gasteiger partial charge in [-0.05, 0) is 0 Å². The molecule has 1 saturated heterocycles. The summed E-state index contributed by atoms with van der Waals surface area (Å²) in [5, 5.41) is 10.8. The monoisotopic (exact) mass is 262 g/mol. The zero-order chi connectivity index (χ0) is 13.0. The molecule has 0 aromatic rings. The van der Waals surface area contributed by atoms with Crippen LogP contribution < -0.4 is 5.32 Å². The maximum Gasteiger partial charge on any atom is 0.326 e. The van der Waals surface area contributed by atoms with Gasteiger partial charge in [0.15, 0.2) is 0 Å². The Bertz CT molecular complexity index is 335. The van der Waals surface area contributed by atoms with E-state index < -0.39 is 23.4 Å². The van der Waals surface area contributed by atoms with Gasteiger partial charge in [0.05, 0.1) is 0 Å². The Morgan fingerprint density at radius 3 is 2.76 bits per heavy atom. The maximum atomic E-state index is 11.7. The number of methoxy groups -OCH3 is 1. The van der Waals surface area contributed by atoms with Gasteiger partial charge < -0.3 is 20.1 Å². The molecule has 2 unspecified atom stereocenters. The number of hydrogen-bond donors (Lipinski definition) is 3. The van der Waals surface area contributed by atoms with Crippen molar-refractivity contribution < 1.29 is 24.2 Å². The van der Waals surface area contributed by atoms with Crippen LogP contribution in [0.1, 0.15) is 6.42 Å². The maximum absolute atomic E-state index is 11.7. The predicted octanol–water partition coefficient (Wildman–Crippen LogP) is -0.674. The van der Waals surface area contributed by atoms with Crippen molar-refractivity contribution in [3.8, 4) is 0 Å². The highest BCUT2D eigenvalue weighted by Gasteiger charge is 2.43. The molecule has 0 bridgehead atoms. The van der Waals surface area contributed by atoms with Gasteiger partial charge in [0.2, 0.25) is 0 Å². The molecule has 2 atom stereocenters. The van der Waals surface area contributed by atoms with Crippen LogP contribution in [0.3, 0.4) is 0 Å². The molecule has 17 heavy (non-hydrogen) atoms. The second-order valence-corrected chi connectivity index (χ2v) is 3.98. The molecule has 7 nitrogen and oxygen atoms in total. The van der Waals surface area contributed by atoms with Gasteiger partial charge in [-0.1, -0.05) is 12.6 Å². The molecule has 1 aliphatic rings. The first-order valence-corrected chi connectivity index (χ1v) is 5.45. The van der Waals surface area contributed by atoms with E-state index in [4.69, 9.17) is 9.84 Å². The minimum absolute atomic E-state index is 0.124. The molecule has 0 aliphatic carbocycles. The van der Waals surface area contributed by atoms with Crippen LogP contribution in [0, 0.1) is 0 Å². The van der Waals surface area contributed by atoms with Crippen LogP contribution >= 0.6 is 12.6 Å². The fraction of sp³-hybridized carbons (Fsp3) is 0.667. The second-order valence-electron chi connectivity index (χ2n) is 3.58. The van der Waals surface area contributed by atoms with E-state index >= 15 is 0 Å². The van der Waals surface area contributed by atoms with Gasteiger partial charge in [-0.25, -0.2) is 4.79 Å². The van der Waals surface area contributed by atoms with Crippen molar-refractivity contribution in [1.82, 2.24) is 10.2 Å². The smallest absolute Gasteiger partial charge is 0.326 e. The highest BCUT2D eigenvalue weighted by Crippen LogP contribution is 2.21. The quantitative estimate of drug-likeness (QED) is 0.571. The third-order valence-corrected chi connectivity index (χ3v) is 2.73. The standard InChI is InChI=1S/C9H14N2O5S/c1-16-6-4-5(8(13)14)11(7(6)12)3-2-10-9(15)17/h5-6H,2-4H2,1H3,(H,13,14)(H2,10,15,17). The zero-order valence-electron chi connectivity index (χ0n) is 9.25. The summed E-state index contributed by atoms with van der Waals surface area (Å²) >= 11 is 3.50. The van der Waals surface area contributed by atoms with Crippen LogP contribution in [-0.2, 0) is 14.3 Å². The van der Waals surface area contributed by atoms with E-state index in [-0.39, 0.29) is 25.4 Å². The van der Waals surface area contributed by atoms with Gasteiger partial charge in [0.1, 0.15) is 12.1 Å². The third-order valence-electron chi connectivity index (χ3n) is 2.57. The van der Waals surface area contributed by atoms with Crippen molar-refractivity contribution in [2.45, 2.75) is 18.6 Å². The molecule has 1 aliphatic heterocycles. The van der Waals surface area contributed by atoms with Crippen LogP contribution in [0.25, 0.3) is 0 Å². The van der Waals surface area contributed by atoms with Crippen LogP contribution in [0.15, 0.2) is 0 Å². The highest BCUT2D eigenvalue weighted by atomic mass is 32.1. The normalized spacial score (nSPS) is 23.9. The third kappa shape index (κ3) is 3.34. The topological polar surface area (TPSA) is 95.9 Å². The Morgan fingerprint density at radius 1 is 1.65 bits per heavy atom. The average Bonchev–Trinajstić information content (AvgIpc) is 2.56. The van der Waals surface area contributed by atoms with Crippen molar-refractivity contribution in [1.29, 1.82) is 0 Å². The van der Waals surface area contributed by atoms with E-state index in [1.54, 1.807) is 0 Å². The molecule has 2 N–H and O–H groups in total. The lowest BCUT2D eigenvalue weighted by Crippen LogP contribution is -2.43. The average molecular weight is 262 g/mol. The summed E-state index contributed by atoms with van der Waals surface area (Å²) in [6.45, 7) is 0.288. The first kappa shape index (κ1) is 13.8. The number of aliphatic carboxylic acids is 1. The number of nitrogens with one attached hydrogen (secondary N) is 1. The summed E-state index contributed by atoms with van der Waals surface area (Å²) in [7, 11) is 1.36. The van der Waals surface area contributed by atoms with E-state index in [9.17, 15) is 14.4 Å². The fourth-order valence-corrected chi connectivity index (χ4v) is 1.86. The van der Waals surface area contributed by atoms with Gasteiger partial charge >= 0.3 is 5.97 Å². The first-order chi connectivity index (χ1) is 7.97. The predicted molar refractivity (Wildman–Crippen MR) is 60.9 cm³/mol. The lowest BCUT2D eigenvalue weighted by Gasteiger charge is -2.21. The van der Waals surface area contributed by atoms with Gasteiger partial charge in [0.25, 0.3) is 11.1 Å². The summed E-state index contributed by atoms with van der Waals surface area (Å²) in [5.74, 6) is -1.44. The molecule has 96 valence electrons. The molecule has 1 fully saturated rings. The molecule has 0 saturated carbocycles. The summed E-state index contributed by atoms with van der Waals surface area (Å²) < 4.78 is 4.90. The minimum atomic E-state index is -1.07. The molecular weight excluding hydrogens is 248 g/mol. The van der Waals surface area contributed by atoms with Crippen LogP contribution in [0.2, 0.25) is 0 Å². The van der Waals surface area contributed by atoms with Crippen molar-refractivity contribution in [2.24, 2.45) is 0 Å². The number of carbonyl (C=O) groups excluding carboxylic acids is 2. The number of ether oxygens (including phenoxy) is 1. The number of rotatable bonds is 5. The SMILES string of the molecule is COC1CC(C(=O)O)N(CCNC(=O)S)C1=O. The molecule has 2 amide bonds. The Balaban J connectivity index is 2.62. The Labute approximate surface area is 104 Å². The molecule has 0 aromatic carbocycles. The number of nitrogens with zero attached hydrogens (tertiary/aromatic N) is 1. The Morgan fingerprint density at radius 2 is 2.29 bits per heavy atom. The lowest BCUT2D eigenvalue weighted by atomic mass is 10.2. The fourth-order valence-electron chi connectivity index (χ4n) is 1.75. The Kier molecular flexibility index (Phi) is 4.76. The van der Waals surface area contributed by atoms with Crippen molar-refractivity contribution in [3.05, 3.63) is 0 Å². The second kappa shape index (κ2) is 5.87. The largest absolute Gasteiger partial charge is 0.480 e. The number of amides is 2. The summed E-state index contributed by atoms with van der Waals surface area (Å²) in [6, 6.07) is -0.899. The summed E-state index contributed by atoms with van der Waals surface area (Å²) in [6.07, 6.45) is -0.595. The van der Waals surface area contributed by atoms with Gasteiger partial charge in [-0.15, -0.1) is 0 Å². The summed E-state index contributed by atoms with van der Waals surface area (Å²) in [5.41, 5.74) is 0. The molecular formula is C9H14N2O5S. The van der Waals surface area contributed by atoms with Crippen molar-refractivity contribution in [2.75, 3.05) is 20.2 Å². The number of likely N-dealkylation sites (tertiary alicyclic amines) is 1. The van der Waals surface area contributed by atoms with E-state index in [1.807, 2.05) is 0 Å². The van der Waals surface area contributed by atoms with Crippen LogP contribution in [-0.4, -0.2) is 59.5 Å². The first-order valence-electron chi connectivity index (χ1n) is 5.00. The number of carboxylic acid groups (broad SMARTS) is 1. The van der Waals surface area contributed by atoms with E-state index in [0.29, 0.717) is 0 Å². The van der Waals surface area contributed by atoms with E-state index in [1.165, 1.54) is 12.0 Å². The number of thiol groups is 1. The number of hydrogen-bond acceptors (Lipinski definition) is 4. The van der Waals surface area contributed by atoms with Gasteiger partial charge in [0, 0.05) is 26.6 Å².